The first-order valence-electron chi connectivity index (χ1n) is 10.5. The summed E-state index contributed by atoms with van der Waals surface area (Å²) in [5, 5.41) is 2.96. The number of carbonyl (C=O) groups is 1. The number of hydrogen-bond donors (Lipinski definition) is 1. The maximum absolute atomic E-state index is 12.8. The summed E-state index contributed by atoms with van der Waals surface area (Å²) in [6, 6.07) is 6.63. The lowest BCUT2D eigenvalue weighted by atomic mass is 9.83. The predicted octanol–water partition coefficient (Wildman–Crippen LogP) is 4.29. The fourth-order valence-corrected chi connectivity index (χ4v) is 5.77. The van der Waals surface area contributed by atoms with Crippen LogP contribution in [0.3, 0.4) is 0 Å². The van der Waals surface area contributed by atoms with Crippen LogP contribution in [0.4, 0.5) is 10.5 Å². The molecule has 1 aromatic rings. The number of hydrogen-bond acceptors (Lipinski definition) is 3. The van der Waals surface area contributed by atoms with E-state index in [4.69, 9.17) is 0 Å². The zero-order valence-electron chi connectivity index (χ0n) is 17.2. The first kappa shape index (κ1) is 21.1. The Bertz CT molecular complexity index is 771. The molecule has 0 bridgehead atoms. The van der Waals surface area contributed by atoms with Crippen LogP contribution in [-0.4, -0.2) is 49.3 Å². The van der Waals surface area contributed by atoms with E-state index in [1.807, 2.05) is 18.7 Å². The van der Waals surface area contributed by atoms with Crippen LogP contribution < -0.4 is 5.32 Å². The van der Waals surface area contributed by atoms with Gasteiger partial charge < -0.3 is 10.2 Å². The highest BCUT2D eigenvalue weighted by molar-refractivity contribution is 7.89. The van der Waals surface area contributed by atoms with Gasteiger partial charge in [-0.1, -0.05) is 19.3 Å². The van der Waals surface area contributed by atoms with Gasteiger partial charge in [0.05, 0.1) is 4.90 Å². The molecule has 1 N–H and O–H groups in total. The number of nitrogens with one attached hydrogen (secondary N) is 1. The minimum atomic E-state index is -3.51. The average molecular weight is 408 g/mol. The predicted molar refractivity (Wildman–Crippen MR) is 112 cm³/mol. The summed E-state index contributed by atoms with van der Waals surface area (Å²) < 4.78 is 26.5. The summed E-state index contributed by atoms with van der Waals surface area (Å²) in [5.41, 5.74) is 0.630. The van der Waals surface area contributed by atoms with Crippen molar-refractivity contribution in [2.75, 3.05) is 18.9 Å². The molecule has 0 aromatic heterocycles. The van der Waals surface area contributed by atoms with Crippen molar-refractivity contribution in [1.82, 2.24) is 9.21 Å². The highest BCUT2D eigenvalue weighted by Gasteiger charge is 2.35. The van der Waals surface area contributed by atoms with E-state index in [-0.39, 0.29) is 17.0 Å². The molecule has 1 unspecified atom stereocenters. The third-order valence-corrected chi connectivity index (χ3v) is 8.31. The molecular weight excluding hydrogens is 374 g/mol. The second-order valence-electron chi connectivity index (χ2n) is 8.37. The number of anilines is 1. The van der Waals surface area contributed by atoms with Crippen molar-refractivity contribution >= 4 is 21.7 Å². The van der Waals surface area contributed by atoms with E-state index in [1.165, 1.54) is 36.4 Å². The Morgan fingerprint density at radius 2 is 1.71 bits per heavy atom. The van der Waals surface area contributed by atoms with Crippen molar-refractivity contribution in [3.63, 3.8) is 0 Å². The molecule has 1 aliphatic carbocycles. The number of rotatable bonds is 5. The highest BCUT2D eigenvalue weighted by atomic mass is 32.2. The van der Waals surface area contributed by atoms with Crippen molar-refractivity contribution in [2.45, 2.75) is 75.8 Å². The molecule has 156 valence electrons. The van der Waals surface area contributed by atoms with Gasteiger partial charge in [0.2, 0.25) is 10.0 Å². The lowest BCUT2D eigenvalue weighted by Gasteiger charge is -2.34. The minimum Gasteiger partial charge on any atom is -0.321 e. The zero-order chi connectivity index (χ0) is 20.3. The quantitative estimate of drug-likeness (QED) is 0.791. The molecular formula is C21H33N3O3S. The Labute approximate surface area is 169 Å². The van der Waals surface area contributed by atoms with Crippen LogP contribution in [-0.2, 0) is 10.0 Å². The van der Waals surface area contributed by atoms with E-state index >= 15 is 0 Å². The fraction of sp³-hybridized carbons (Fsp3) is 0.667. The number of nitrogens with zero attached hydrogens (tertiary/aromatic N) is 2. The molecule has 7 heteroatoms. The maximum Gasteiger partial charge on any atom is 0.322 e. The molecule has 0 spiro atoms. The van der Waals surface area contributed by atoms with Gasteiger partial charge in [0.15, 0.2) is 0 Å². The van der Waals surface area contributed by atoms with Crippen LogP contribution in [0.15, 0.2) is 29.2 Å². The van der Waals surface area contributed by atoms with Crippen molar-refractivity contribution in [1.29, 1.82) is 0 Å². The Balaban J connectivity index is 1.66. The summed E-state index contributed by atoms with van der Waals surface area (Å²) in [4.78, 5) is 15.1. The number of likely N-dealkylation sites (tertiary alicyclic amines) is 1. The molecule has 1 saturated heterocycles. The van der Waals surface area contributed by atoms with Crippen LogP contribution in [0, 0.1) is 5.92 Å². The SMILES string of the molecule is CC(C)N(C)S(=O)(=O)c1ccc(NC(=O)N2CCCC2C2CCCCC2)cc1. The summed E-state index contributed by atoms with van der Waals surface area (Å²) in [6.07, 6.45) is 8.48. The van der Waals surface area contributed by atoms with Gasteiger partial charge in [0, 0.05) is 31.4 Å². The smallest absolute Gasteiger partial charge is 0.321 e. The van der Waals surface area contributed by atoms with Crippen molar-refractivity contribution in [3.8, 4) is 0 Å². The van der Waals surface area contributed by atoms with E-state index < -0.39 is 10.0 Å². The Morgan fingerprint density at radius 1 is 1.07 bits per heavy atom. The Hall–Kier alpha value is -1.60. The van der Waals surface area contributed by atoms with E-state index in [2.05, 4.69) is 5.32 Å². The number of amides is 2. The van der Waals surface area contributed by atoms with E-state index in [0.29, 0.717) is 17.6 Å². The third-order valence-electron chi connectivity index (χ3n) is 6.26. The lowest BCUT2D eigenvalue weighted by molar-refractivity contribution is 0.166. The van der Waals surface area contributed by atoms with Gasteiger partial charge in [-0.2, -0.15) is 4.31 Å². The molecule has 3 rings (SSSR count). The standard InChI is InChI=1S/C21H33N3O3S/c1-16(2)23(3)28(26,27)19-13-11-18(12-14-19)22-21(25)24-15-7-10-20(24)17-8-5-4-6-9-17/h11-14,16-17,20H,4-10,15H2,1-3H3,(H,22,25). The van der Waals surface area contributed by atoms with Gasteiger partial charge in [-0.05, 0) is 69.7 Å². The molecule has 1 atom stereocenters. The van der Waals surface area contributed by atoms with Crippen LogP contribution in [0.1, 0.15) is 58.8 Å². The molecule has 1 aromatic carbocycles. The van der Waals surface area contributed by atoms with E-state index in [0.717, 1.165) is 19.4 Å². The van der Waals surface area contributed by atoms with Gasteiger partial charge in [-0.15, -0.1) is 0 Å². The van der Waals surface area contributed by atoms with Gasteiger partial charge in [-0.3, -0.25) is 0 Å². The number of urea groups is 1. The molecule has 28 heavy (non-hydrogen) atoms. The van der Waals surface area contributed by atoms with E-state index in [9.17, 15) is 13.2 Å². The van der Waals surface area contributed by atoms with Crippen molar-refractivity contribution < 1.29 is 13.2 Å². The topological polar surface area (TPSA) is 69.7 Å². The second kappa shape index (κ2) is 8.82. The Morgan fingerprint density at radius 3 is 2.32 bits per heavy atom. The molecule has 2 amide bonds. The van der Waals surface area contributed by atoms with Crippen LogP contribution in [0.25, 0.3) is 0 Å². The van der Waals surface area contributed by atoms with Gasteiger partial charge >= 0.3 is 6.03 Å². The molecule has 1 heterocycles. The molecule has 2 fully saturated rings. The first-order chi connectivity index (χ1) is 13.3. The third kappa shape index (κ3) is 4.51. The number of sulfonamides is 1. The van der Waals surface area contributed by atoms with Crippen LogP contribution >= 0.6 is 0 Å². The lowest BCUT2D eigenvalue weighted by Crippen LogP contribution is -2.43. The largest absolute Gasteiger partial charge is 0.322 e. The Kier molecular flexibility index (Phi) is 6.65. The van der Waals surface area contributed by atoms with Gasteiger partial charge in [0.1, 0.15) is 0 Å². The highest BCUT2D eigenvalue weighted by Crippen LogP contribution is 2.34. The van der Waals surface area contributed by atoms with Crippen LogP contribution in [0.2, 0.25) is 0 Å². The van der Waals surface area contributed by atoms with Gasteiger partial charge in [-0.25, -0.2) is 13.2 Å². The fourth-order valence-electron chi connectivity index (χ4n) is 4.40. The normalized spacial score (nSPS) is 21.5. The molecule has 6 nitrogen and oxygen atoms in total. The summed E-state index contributed by atoms with van der Waals surface area (Å²) in [5.74, 6) is 0.626. The van der Waals surface area contributed by atoms with Gasteiger partial charge in [0.25, 0.3) is 0 Å². The maximum atomic E-state index is 12.8. The van der Waals surface area contributed by atoms with E-state index in [1.54, 1.807) is 31.3 Å². The molecule has 1 aliphatic heterocycles. The molecule has 0 radical (unpaired) electrons. The number of benzene rings is 1. The summed E-state index contributed by atoms with van der Waals surface area (Å²) in [7, 11) is -1.93. The first-order valence-corrected chi connectivity index (χ1v) is 11.9. The number of carbonyl (C=O) groups excluding carboxylic acids is 1. The zero-order valence-corrected chi connectivity index (χ0v) is 18.0. The van der Waals surface area contributed by atoms with Crippen molar-refractivity contribution in [2.24, 2.45) is 5.92 Å². The average Bonchev–Trinajstić information content (AvgIpc) is 3.18. The monoisotopic (exact) mass is 407 g/mol. The molecule has 1 saturated carbocycles. The minimum absolute atomic E-state index is 0.0667. The second-order valence-corrected chi connectivity index (χ2v) is 10.4. The van der Waals surface area contributed by atoms with Crippen LogP contribution in [0.5, 0.6) is 0 Å². The summed E-state index contributed by atoms with van der Waals surface area (Å²) in [6.45, 7) is 4.48. The molecule has 2 aliphatic rings. The van der Waals surface area contributed by atoms with Crippen molar-refractivity contribution in [3.05, 3.63) is 24.3 Å². The summed E-state index contributed by atoms with van der Waals surface area (Å²) >= 11 is 0.